The number of hydrogen-bond acceptors (Lipinski definition) is 2. The summed E-state index contributed by atoms with van der Waals surface area (Å²) in [5, 5.41) is 4.22. The van der Waals surface area contributed by atoms with Crippen molar-refractivity contribution in [3.05, 3.63) is 28.8 Å². The average molecular weight is 270 g/mol. The first kappa shape index (κ1) is 15.3. The zero-order chi connectivity index (χ0) is 13.5. The van der Waals surface area contributed by atoms with Gasteiger partial charge in [0.1, 0.15) is 5.75 Å². The third-order valence-electron chi connectivity index (χ3n) is 3.12. The van der Waals surface area contributed by atoms with Gasteiger partial charge in [-0.05, 0) is 56.0 Å². The number of benzene rings is 1. The minimum atomic E-state index is 0.551. The first-order chi connectivity index (χ1) is 8.56. The normalized spacial score (nSPS) is 14.3. The van der Waals surface area contributed by atoms with E-state index in [1.54, 1.807) is 7.11 Å². The topological polar surface area (TPSA) is 21.3 Å². The van der Waals surface area contributed by atoms with Crippen molar-refractivity contribution < 1.29 is 4.74 Å². The van der Waals surface area contributed by atoms with Crippen LogP contribution in [0.2, 0.25) is 5.02 Å². The van der Waals surface area contributed by atoms with Gasteiger partial charge in [0.05, 0.1) is 7.11 Å². The number of methoxy groups -OCH3 is 1. The Bertz CT molecular complexity index is 368. The van der Waals surface area contributed by atoms with Crippen LogP contribution >= 0.6 is 11.6 Å². The van der Waals surface area contributed by atoms with Gasteiger partial charge in [0.2, 0.25) is 0 Å². The lowest BCUT2D eigenvalue weighted by molar-refractivity contribution is 0.394. The van der Waals surface area contributed by atoms with Gasteiger partial charge >= 0.3 is 0 Å². The number of halogens is 1. The fraction of sp³-hybridized carbons (Fsp3) is 0.600. The van der Waals surface area contributed by atoms with Crippen LogP contribution in [0.3, 0.4) is 0 Å². The summed E-state index contributed by atoms with van der Waals surface area (Å²) in [6.45, 7) is 7.67. The van der Waals surface area contributed by atoms with Crippen molar-refractivity contribution in [3.63, 3.8) is 0 Å². The molecule has 0 aliphatic rings. The Balaban J connectivity index is 2.63. The van der Waals surface area contributed by atoms with E-state index >= 15 is 0 Å². The molecule has 0 aromatic heterocycles. The predicted molar refractivity (Wildman–Crippen MR) is 78.6 cm³/mol. The standard InChI is InChI=1S/C15H24ClNO/c1-5-17-12(3)8-11(2)9-13-10-14(16)6-7-15(13)18-4/h6-7,10-12,17H,5,8-9H2,1-4H3. The molecule has 18 heavy (non-hydrogen) atoms. The van der Waals surface area contributed by atoms with Crippen LogP contribution in [-0.4, -0.2) is 19.7 Å². The highest BCUT2D eigenvalue weighted by Crippen LogP contribution is 2.26. The molecule has 3 heteroatoms. The molecule has 2 atom stereocenters. The average Bonchev–Trinajstić information content (AvgIpc) is 2.29. The van der Waals surface area contributed by atoms with Crippen LogP contribution in [0.15, 0.2) is 18.2 Å². The first-order valence-corrected chi connectivity index (χ1v) is 7.00. The van der Waals surface area contributed by atoms with Crippen LogP contribution < -0.4 is 10.1 Å². The molecule has 0 saturated carbocycles. The van der Waals surface area contributed by atoms with Crippen molar-refractivity contribution in [1.82, 2.24) is 5.32 Å². The second kappa shape index (κ2) is 7.65. The number of nitrogens with one attached hydrogen (secondary N) is 1. The van der Waals surface area contributed by atoms with Gasteiger partial charge in [-0.3, -0.25) is 0 Å². The Labute approximate surface area is 116 Å². The quantitative estimate of drug-likeness (QED) is 0.810. The van der Waals surface area contributed by atoms with Crippen molar-refractivity contribution in [1.29, 1.82) is 0 Å². The Morgan fingerprint density at radius 3 is 2.67 bits per heavy atom. The number of ether oxygens (including phenoxy) is 1. The van der Waals surface area contributed by atoms with Gasteiger partial charge in [-0.1, -0.05) is 25.4 Å². The molecule has 0 fully saturated rings. The van der Waals surface area contributed by atoms with Crippen LogP contribution in [0.1, 0.15) is 32.8 Å². The Kier molecular flexibility index (Phi) is 6.51. The molecule has 0 bridgehead atoms. The van der Waals surface area contributed by atoms with Gasteiger partial charge in [-0.15, -0.1) is 0 Å². The first-order valence-electron chi connectivity index (χ1n) is 6.62. The van der Waals surface area contributed by atoms with Gasteiger partial charge in [0.25, 0.3) is 0 Å². The molecule has 1 N–H and O–H groups in total. The SMILES string of the molecule is CCNC(C)CC(C)Cc1cc(Cl)ccc1OC. The van der Waals surface area contributed by atoms with E-state index in [0.717, 1.165) is 30.2 Å². The van der Waals surface area contributed by atoms with Gasteiger partial charge in [-0.2, -0.15) is 0 Å². The lowest BCUT2D eigenvalue weighted by Crippen LogP contribution is -2.27. The highest BCUT2D eigenvalue weighted by atomic mass is 35.5. The van der Waals surface area contributed by atoms with E-state index in [1.165, 1.54) is 5.56 Å². The summed E-state index contributed by atoms with van der Waals surface area (Å²) in [4.78, 5) is 0. The molecular formula is C15H24ClNO. The summed E-state index contributed by atoms with van der Waals surface area (Å²) in [6, 6.07) is 6.37. The van der Waals surface area contributed by atoms with E-state index in [4.69, 9.17) is 16.3 Å². The van der Waals surface area contributed by atoms with Crippen molar-refractivity contribution in [2.75, 3.05) is 13.7 Å². The summed E-state index contributed by atoms with van der Waals surface area (Å²) in [6.07, 6.45) is 2.16. The van der Waals surface area contributed by atoms with Crippen LogP contribution in [0, 0.1) is 5.92 Å². The molecular weight excluding hydrogens is 246 g/mol. The minimum Gasteiger partial charge on any atom is -0.496 e. The highest BCUT2D eigenvalue weighted by Gasteiger charge is 2.12. The van der Waals surface area contributed by atoms with E-state index in [-0.39, 0.29) is 0 Å². The predicted octanol–water partition coefficient (Wildman–Crippen LogP) is 3.92. The van der Waals surface area contributed by atoms with E-state index in [0.29, 0.717) is 12.0 Å². The summed E-state index contributed by atoms with van der Waals surface area (Å²) < 4.78 is 5.38. The molecule has 2 unspecified atom stereocenters. The molecule has 0 heterocycles. The molecule has 0 saturated heterocycles. The van der Waals surface area contributed by atoms with Crippen molar-refractivity contribution in [3.8, 4) is 5.75 Å². The molecule has 0 radical (unpaired) electrons. The minimum absolute atomic E-state index is 0.551. The third-order valence-corrected chi connectivity index (χ3v) is 3.35. The van der Waals surface area contributed by atoms with Gasteiger partial charge in [0, 0.05) is 11.1 Å². The molecule has 0 spiro atoms. The van der Waals surface area contributed by atoms with Crippen LogP contribution in [0.4, 0.5) is 0 Å². The van der Waals surface area contributed by atoms with Crippen molar-refractivity contribution >= 4 is 11.6 Å². The van der Waals surface area contributed by atoms with Crippen molar-refractivity contribution in [2.24, 2.45) is 5.92 Å². The zero-order valence-corrected chi connectivity index (χ0v) is 12.6. The number of hydrogen-bond donors (Lipinski definition) is 1. The lowest BCUT2D eigenvalue weighted by Gasteiger charge is -2.19. The maximum Gasteiger partial charge on any atom is 0.122 e. The molecule has 0 aliphatic heterocycles. The summed E-state index contributed by atoms with van der Waals surface area (Å²) >= 11 is 6.04. The molecule has 2 nitrogen and oxygen atoms in total. The monoisotopic (exact) mass is 269 g/mol. The maximum absolute atomic E-state index is 6.04. The zero-order valence-electron chi connectivity index (χ0n) is 11.8. The molecule has 0 amide bonds. The maximum atomic E-state index is 6.04. The Morgan fingerprint density at radius 1 is 1.33 bits per heavy atom. The second-order valence-corrected chi connectivity index (χ2v) is 5.40. The number of rotatable bonds is 7. The summed E-state index contributed by atoms with van der Waals surface area (Å²) in [5.74, 6) is 1.54. The Morgan fingerprint density at radius 2 is 2.06 bits per heavy atom. The Hall–Kier alpha value is -0.730. The van der Waals surface area contributed by atoms with Gasteiger partial charge in [-0.25, -0.2) is 0 Å². The van der Waals surface area contributed by atoms with Gasteiger partial charge in [0.15, 0.2) is 0 Å². The third kappa shape index (κ3) is 4.87. The van der Waals surface area contributed by atoms with Gasteiger partial charge < -0.3 is 10.1 Å². The summed E-state index contributed by atoms with van der Waals surface area (Å²) in [7, 11) is 1.71. The molecule has 1 rings (SSSR count). The smallest absolute Gasteiger partial charge is 0.122 e. The fourth-order valence-corrected chi connectivity index (χ4v) is 2.60. The summed E-state index contributed by atoms with van der Waals surface area (Å²) in [5.41, 5.74) is 1.20. The molecule has 1 aromatic carbocycles. The van der Waals surface area contributed by atoms with E-state index < -0.39 is 0 Å². The molecule has 1 aromatic rings. The lowest BCUT2D eigenvalue weighted by atomic mass is 9.94. The van der Waals surface area contributed by atoms with Crippen molar-refractivity contribution in [2.45, 2.75) is 39.7 Å². The second-order valence-electron chi connectivity index (χ2n) is 4.96. The van der Waals surface area contributed by atoms with Crippen LogP contribution in [-0.2, 0) is 6.42 Å². The largest absolute Gasteiger partial charge is 0.496 e. The van der Waals surface area contributed by atoms with E-state index in [1.807, 2.05) is 18.2 Å². The fourth-order valence-electron chi connectivity index (χ4n) is 2.40. The molecule has 102 valence electrons. The van der Waals surface area contributed by atoms with Crippen LogP contribution in [0.5, 0.6) is 5.75 Å². The molecule has 0 aliphatic carbocycles. The highest BCUT2D eigenvalue weighted by molar-refractivity contribution is 6.30. The van der Waals surface area contributed by atoms with E-state index in [2.05, 4.69) is 26.1 Å². The van der Waals surface area contributed by atoms with E-state index in [9.17, 15) is 0 Å². The van der Waals surface area contributed by atoms with Crippen LogP contribution in [0.25, 0.3) is 0 Å².